The molecule has 188 valence electrons. The van der Waals surface area contributed by atoms with E-state index in [0.29, 0.717) is 6.07 Å². The van der Waals surface area contributed by atoms with Crippen LogP contribution in [0.1, 0.15) is 12.6 Å². The first-order valence-electron chi connectivity index (χ1n) is 9.52. The Morgan fingerprint density at radius 3 is 2.49 bits per heavy atom. The molecule has 1 amide bonds. The Morgan fingerprint density at radius 1 is 1.23 bits per heavy atom. The maximum atomic E-state index is 14.7. The lowest BCUT2D eigenvalue weighted by molar-refractivity contribution is -0.146. The highest BCUT2D eigenvalue weighted by atomic mass is 35.5. The molecule has 1 fully saturated rings. The van der Waals surface area contributed by atoms with E-state index in [9.17, 15) is 36.7 Å². The van der Waals surface area contributed by atoms with Gasteiger partial charge in [-0.3, -0.25) is 23.9 Å². The van der Waals surface area contributed by atoms with Crippen LogP contribution in [0.15, 0.2) is 32.8 Å². The monoisotopic (exact) mass is 556 g/mol. The number of hydrogen-bond acceptors (Lipinski definition) is 7. The number of amides is 1. The van der Waals surface area contributed by atoms with Crippen LogP contribution in [0.5, 0.6) is 0 Å². The molecule has 0 N–H and O–H groups in total. The number of aliphatic imine (C=N–C) groups is 1. The molecule has 0 radical (unpaired) electrons. The number of esters is 1. The highest BCUT2D eigenvalue weighted by molar-refractivity contribution is 8.16. The number of thioether (sulfide) groups is 1. The molecule has 16 heteroatoms. The van der Waals surface area contributed by atoms with Crippen molar-refractivity contribution in [3.63, 3.8) is 0 Å². The van der Waals surface area contributed by atoms with Crippen molar-refractivity contribution >= 4 is 57.7 Å². The lowest BCUT2D eigenvalue weighted by Crippen LogP contribution is -2.41. The van der Waals surface area contributed by atoms with Gasteiger partial charge in [-0.2, -0.15) is 13.2 Å². The van der Waals surface area contributed by atoms with Gasteiger partial charge in [-0.1, -0.05) is 35.0 Å². The van der Waals surface area contributed by atoms with Gasteiger partial charge in [0.25, 0.3) is 11.5 Å². The molecule has 2 heterocycles. The van der Waals surface area contributed by atoms with Crippen LogP contribution in [0.2, 0.25) is 5.02 Å². The number of aromatic nitrogens is 2. The topological polar surface area (TPSA) is 103 Å². The van der Waals surface area contributed by atoms with Crippen LogP contribution in [0.3, 0.4) is 0 Å². The third-order valence-corrected chi connectivity index (χ3v) is 6.26. The molecule has 0 saturated carbocycles. The minimum absolute atomic E-state index is 0.0504. The molecule has 1 aliphatic heterocycles. The zero-order valence-electron chi connectivity index (χ0n) is 17.7. The van der Waals surface area contributed by atoms with Crippen LogP contribution in [0, 0.1) is 5.82 Å². The summed E-state index contributed by atoms with van der Waals surface area (Å²) in [5, 5.41) is -0.437. The van der Waals surface area contributed by atoms with Gasteiger partial charge >= 0.3 is 17.8 Å². The first-order valence-corrected chi connectivity index (χ1v) is 11.2. The van der Waals surface area contributed by atoms with Crippen molar-refractivity contribution in [2.24, 2.45) is 12.0 Å². The average Bonchev–Trinajstić information content (AvgIpc) is 3.00. The fourth-order valence-electron chi connectivity index (χ4n) is 3.00. The van der Waals surface area contributed by atoms with Crippen molar-refractivity contribution in [2.45, 2.75) is 17.8 Å². The summed E-state index contributed by atoms with van der Waals surface area (Å²) in [6.07, 6.45) is -5.01. The quantitative estimate of drug-likeness (QED) is 0.318. The van der Waals surface area contributed by atoms with Crippen LogP contribution in [0.4, 0.5) is 23.2 Å². The van der Waals surface area contributed by atoms with E-state index in [4.69, 9.17) is 27.9 Å². The molecule has 0 spiro atoms. The predicted octanol–water partition coefficient (Wildman–Crippen LogP) is 3.04. The van der Waals surface area contributed by atoms with Crippen molar-refractivity contribution in [1.82, 2.24) is 14.0 Å². The number of alkyl halides is 4. The van der Waals surface area contributed by atoms with E-state index in [1.807, 2.05) is 0 Å². The maximum absolute atomic E-state index is 14.7. The third kappa shape index (κ3) is 5.38. The van der Waals surface area contributed by atoms with Crippen LogP contribution >= 0.6 is 35.0 Å². The average molecular weight is 557 g/mol. The molecular weight excluding hydrogens is 543 g/mol. The fraction of sp³-hybridized carbons (Fsp3) is 0.316. The number of benzene rings is 1. The summed E-state index contributed by atoms with van der Waals surface area (Å²) in [6, 6.07) is 1.68. The van der Waals surface area contributed by atoms with Crippen LogP contribution in [-0.4, -0.2) is 48.9 Å². The summed E-state index contributed by atoms with van der Waals surface area (Å²) in [5.74, 6) is -2.65. The van der Waals surface area contributed by atoms with Crippen molar-refractivity contribution in [3.8, 4) is 5.69 Å². The van der Waals surface area contributed by atoms with Gasteiger partial charge in [0.15, 0.2) is 9.88 Å². The standard InChI is InChI=1S/C19H14Cl2F4N4O5S/c1-3-34-14(31)7-28-16(32)15(21)35-17(28)26-10-5-11(9(22)4-8(10)20)29-13(30)6-12(19(23,24)25)27(2)18(29)33/h4-6,15H,3,7H2,1-2H3/b26-17-. The first kappa shape index (κ1) is 26.8. The van der Waals surface area contributed by atoms with E-state index in [1.54, 1.807) is 6.92 Å². The fourth-order valence-corrected chi connectivity index (χ4v) is 4.39. The Bertz CT molecular complexity index is 1360. The number of hydrogen-bond donors (Lipinski definition) is 0. The summed E-state index contributed by atoms with van der Waals surface area (Å²) in [6.45, 7) is 1.08. The first-order chi connectivity index (χ1) is 16.3. The van der Waals surface area contributed by atoms with Gasteiger partial charge < -0.3 is 4.74 Å². The second-order valence-electron chi connectivity index (χ2n) is 6.86. The summed E-state index contributed by atoms with van der Waals surface area (Å²) in [4.78, 5) is 54.1. The van der Waals surface area contributed by atoms with Gasteiger partial charge in [-0.25, -0.2) is 18.7 Å². The highest BCUT2D eigenvalue weighted by Crippen LogP contribution is 2.35. The molecule has 0 bridgehead atoms. The number of halogens is 6. The van der Waals surface area contributed by atoms with Crippen molar-refractivity contribution in [1.29, 1.82) is 0 Å². The van der Waals surface area contributed by atoms with Crippen molar-refractivity contribution in [3.05, 3.63) is 55.6 Å². The number of carbonyl (C=O) groups excluding carboxylic acids is 2. The number of rotatable bonds is 5. The zero-order chi connectivity index (χ0) is 26.2. The summed E-state index contributed by atoms with van der Waals surface area (Å²) in [7, 11) is 0.769. The second kappa shape index (κ2) is 10.0. The van der Waals surface area contributed by atoms with Crippen LogP contribution in [-0.2, 0) is 27.5 Å². The van der Waals surface area contributed by atoms with Crippen LogP contribution < -0.4 is 11.2 Å². The van der Waals surface area contributed by atoms with E-state index in [2.05, 4.69) is 4.99 Å². The molecule has 3 rings (SSSR count). The van der Waals surface area contributed by atoms with Gasteiger partial charge in [0.2, 0.25) is 0 Å². The molecule has 1 unspecified atom stereocenters. The van der Waals surface area contributed by atoms with Gasteiger partial charge in [0, 0.05) is 13.1 Å². The Morgan fingerprint density at radius 2 is 1.89 bits per heavy atom. The summed E-state index contributed by atoms with van der Waals surface area (Å²) >= 11 is 12.7. The van der Waals surface area contributed by atoms with Crippen molar-refractivity contribution in [2.75, 3.05) is 13.2 Å². The molecule has 9 nitrogen and oxygen atoms in total. The summed E-state index contributed by atoms with van der Waals surface area (Å²) < 4.78 is 58.0. The number of nitrogens with zero attached hydrogens (tertiary/aromatic N) is 4. The largest absolute Gasteiger partial charge is 0.465 e. The third-order valence-electron chi connectivity index (χ3n) is 4.58. The lowest BCUT2D eigenvalue weighted by atomic mass is 10.2. The zero-order valence-corrected chi connectivity index (χ0v) is 20.1. The molecule has 35 heavy (non-hydrogen) atoms. The van der Waals surface area contributed by atoms with Crippen molar-refractivity contribution < 1.29 is 31.9 Å². The van der Waals surface area contributed by atoms with Crippen LogP contribution in [0.25, 0.3) is 5.69 Å². The maximum Gasteiger partial charge on any atom is 0.431 e. The summed E-state index contributed by atoms with van der Waals surface area (Å²) in [5.41, 5.74) is -5.44. The number of carbonyl (C=O) groups is 2. The SMILES string of the molecule is CCOC(=O)CN1C(=O)C(Cl)S/C1=N\c1cc(-n2c(=O)cc(C(F)(F)F)n(C)c2=O)c(F)cc1Cl. The highest BCUT2D eigenvalue weighted by Gasteiger charge is 2.38. The van der Waals surface area contributed by atoms with E-state index < -0.39 is 57.8 Å². The Kier molecular flexibility index (Phi) is 7.67. The smallest absolute Gasteiger partial charge is 0.431 e. The molecule has 1 aromatic heterocycles. The van der Waals surface area contributed by atoms with E-state index >= 15 is 0 Å². The lowest BCUT2D eigenvalue weighted by Gasteiger charge is -2.16. The minimum Gasteiger partial charge on any atom is -0.465 e. The Balaban J connectivity index is 2.15. The molecule has 0 aliphatic carbocycles. The van der Waals surface area contributed by atoms with E-state index in [-0.39, 0.29) is 37.7 Å². The molecule has 1 saturated heterocycles. The minimum atomic E-state index is -5.01. The Hall–Kier alpha value is -2.84. The number of amidine groups is 1. The van der Waals surface area contributed by atoms with Gasteiger partial charge in [-0.05, 0) is 19.1 Å². The Labute approximate surface area is 207 Å². The normalized spacial score (nSPS) is 17.4. The number of ether oxygens (including phenoxy) is 1. The molecule has 2 aromatic rings. The van der Waals surface area contributed by atoms with E-state index in [0.717, 1.165) is 29.8 Å². The van der Waals surface area contributed by atoms with Gasteiger partial charge in [0.05, 0.1) is 23.0 Å². The van der Waals surface area contributed by atoms with Gasteiger partial charge in [-0.15, -0.1) is 0 Å². The molecular formula is C19H14Cl2F4N4O5S. The second-order valence-corrected chi connectivity index (χ2v) is 9.03. The molecule has 1 aliphatic rings. The molecule has 1 aromatic carbocycles. The molecule has 1 atom stereocenters. The predicted molar refractivity (Wildman–Crippen MR) is 120 cm³/mol. The van der Waals surface area contributed by atoms with Gasteiger partial charge in [0.1, 0.15) is 18.1 Å². The van der Waals surface area contributed by atoms with E-state index in [1.165, 1.54) is 0 Å².